The molecule has 1 atom stereocenters. The molecular weight excluding hydrogens is 452 g/mol. The first-order chi connectivity index (χ1) is 17.0. The summed E-state index contributed by atoms with van der Waals surface area (Å²) in [5.41, 5.74) is 2.84. The van der Waals surface area contributed by atoms with Gasteiger partial charge >= 0.3 is 0 Å². The van der Waals surface area contributed by atoms with Crippen molar-refractivity contribution >= 4 is 17.5 Å². The summed E-state index contributed by atoms with van der Waals surface area (Å²) >= 11 is 0. The van der Waals surface area contributed by atoms with E-state index in [9.17, 15) is 18.4 Å². The third-order valence-corrected chi connectivity index (χ3v) is 7.25. The largest absolute Gasteiger partial charge is 0.482 e. The molecule has 8 heteroatoms. The number of carbonyl (C=O) groups excluding carboxylic acids is 2. The first-order valence-electron chi connectivity index (χ1n) is 12.3. The van der Waals surface area contributed by atoms with Gasteiger partial charge in [0.1, 0.15) is 19.1 Å². The summed E-state index contributed by atoms with van der Waals surface area (Å²) in [5, 5.41) is 5.92. The second-order valence-electron chi connectivity index (χ2n) is 10.2. The van der Waals surface area contributed by atoms with Gasteiger partial charge in [0.15, 0.2) is 6.61 Å². The molecule has 0 aromatic heterocycles. The van der Waals surface area contributed by atoms with Crippen molar-refractivity contribution in [2.75, 3.05) is 25.0 Å². The summed E-state index contributed by atoms with van der Waals surface area (Å²) in [6.07, 6.45) is 3.97. The van der Waals surface area contributed by atoms with Crippen LogP contribution in [0.15, 0.2) is 36.4 Å². The van der Waals surface area contributed by atoms with Gasteiger partial charge in [-0.1, -0.05) is 37.1 Å². The Labute approximate surface area is 204 Å². The number of likely N-dealkylation sites (tertiary alicyclic amines) is 1. The van der Waals surface area contributed by atoms with Crippen LogP contribution in [-0.2, 0) is 36.0 Å². The Balaban J connectivity index is 1.26. The molecule has 3 aliphatic rings. The highest BCUT2D eigenvalue weighted by atomic mass is 19.1. The molecule has 0 spiro atoms. The summed E-state index contributed by atoms with van der Waals surface area (Å²) in [6.45, 7) is 1.13. The van der Waals surface area contributed by atoms with Crippen LogP contribution in [0.2, 0.25) is 0 Å². The van der Waals surface area contributed by atoms with Crippen molar-refractivity contribution in [3.8, 4) is 5.75 Å². The van der Waals surface area contributed by atoms with Crippen molar-refractivity contribution in [1.29, 1.82) is 0 Å². The Morgan fingerprint density at radius 2 is 1.83 bits per heavy atom. The lowest BCUT2D eigenvalue weighted by atomic mass is 9.80. The topological polar surface area (TPSA) is 70.7 Å². The van der Waals surface area contributed by atoms with Gasteiger partial charge in [0.2, 0.25) is 5.91 Å². The fourth-order valence-corrected chi connectivity index (χ4v) is 5.36. The smallest absolute Gasteiger partial charge is 0.262 e. The minimum atomic E-state index is -0.659. The molecule has 2 amide bonds. The minimum absolute atomic E-state index is 0.0189. The number of amides is 2. The van der Waals surface area contributed by atoms with Crippen LogP contribution in [0.1, 0.15) is 47.9 Å². The number of hydrogen-bond acceptors (Lipinski definition) is 4. The summed E-state index contributed by atoms with van der Waals surface area (Å²) in [4.78, 5) is 27.4. The normalized spacial score (nSPS) is 21.8. The molecule has 2 heterocycles. The number of halogens is 2. The first-order valence-corrected chi connectivity index (χ1v) is 12.3. The van der Waals surface area contributed by atoms with E-state index in [4.69, 9.17) is 4.74 Å². The number of rotatable bonds is 9. The highest BCUT2D eigenvalue weighted by Crippen LogP contribution is 2.45. The molecule has 186 valence electrons. The lowest BCUT2D eigenvalue weighted by Crippen LogP contribution is -2.43. The predicted molar refractivity (Wildman–Crippen MR) is 128 cm³/mol. The standard InChI is InChI=1S/C27H31F2N3O3/c28-12-20-7-21(13-29)9-22(8-20)14-30-26(34)27(11-18-1-2-18)5-6-32(17-27)15-19-3-4-24-23(10-19)31-25(33)16-35-24/h3-4,7-10,18H,1-2,5-6,11-17H2,(H,30,34)(H,31,33). The monoisotopic (exact) mass is 483 g/mol. The van der Waals surface area contributed by atoms with Gasteiger partial charge in [-0.15, -0.1) is 0 Å². The quantitative estimate of drug-likeness (QED) is 0.559. The molecule has 1 unspecified atom stereocenters. The Morgan fingerprint density at radius 1 is 1.09 bits per heavy atom. The first kappa shape index (κ1) is 23.7. The van der Waals surface area contributed by atoms with E-state index in [-0.39, 0.29) is 25.0 Å². The molecule has 35 heavy (non-hydrogen) atoms. The number of carbonyl (C=O) groups is 2. The van der Waals surface area contributed by atoms with E-state index < -0.39 is 18.8 Å². The van der Waals surface area contributed by atoms with Crippen molar-refractivity contribution in [1.82, 2.24) is 10.2 Å². The van der Waals surface area contributed by atoms with Crippen LogP contribution in [0.25, 0.3) is 0 Å². The SMILES string of the molecule is O=C1COc2ccc(CN3CCC(CC4CC4)(C(=O)NCc4cc(CF)cc(CF)c4)C3)cc2N1. The van der Waals surface area contributed by atoms with Crippen LogP contribution in [0.4, 0.5) is 14.5 Å². The van der Waals surface area contributed by atoms with E-state index in [1.807, 2.05) is 18.2 Å². The highest BCUT2D eigenvalue weighted by Gasteiger charge is 2.47. The molecule has 2 aromatic carbocycles. The van der Waals surface area contributed by atoms with Gasteiger partial charge in [-0.05, 0) is 59.7 Å². The average Bonchev–Trinajstić information content (AvgIpc) is 3.59. The van der Waals surface area contributed by atoms with Crippen molar-refractivity contribution in [2.24, 2.45) is 11.3 Å². The number of anilines is 1. The van der Waals surface area contributed by atoms with Crippen LogP contribution in [0.3, 0.4) is 0 Å². The summed E-state index contributed by atoms with van der Waals surface area (Å²) < 4.78 is 31.8. The summed E-state index contributed by atoms with van der Waals surface area (Å²) in [6, 6.07) is 10.7. The second-order valence-corrected chi connectivity index (χ2v) is 10.2. The molecule has 6 nitrogen and oxygen atoms in total. The van der Waals surface area contributed by atoms with E-state index >= 15 is 0 Å². The number of ether oxygens (including phenoxy) is 1. The molecule has 2 fully saturated rings. The number of hydrogen-bond donors (Lipinski definition) is 2. The van der Waals surface area contributed by atoms with E-state index in [2.05, 4.69) is 15.5 Å². The van der Waals surface area contributed by atoms with Crippen LogP contribution in [0, 0.1) is 11.3 Å². The van der Waals surface area contributed by atoms with Crippen molar-refractivity contribution < 1.29 is 23.1 Å². The molecule has 1 aliphatic carbocycles. The van der Waals surface area contributed by atoms with E-state index in [1.165, 1.54) is 6.07 Å². The lowest BCUT2D eigenvalue weighted by molar-refractivity contribution is -0.131. The maximum absolute atomic E-state index is 13.5. The third-order valence-electron chi connectivity index (χ3n) is 7.25. The molecule has 5 rings (SSSR count). The fraction of sp³-hybridized carbons (Fsp3) is 0.481. The molecule has 2 aromatic rings. The Bertz CT molecular complexity index is 1100. The molecule has 2 N–H and O–H groups in total. The Morgan fingerprint density at radius 3 is 2.54 bits per heavy atom. The van der Waals surface area contributed by atoms with Crippen LogP contribution in [-0.4, -0.2) is 36.4 Å². The van der Waals surface area contributed by atoms with Gasteiger partial charge < -0.3 is 15.4 Å². The molecular formula is C27H31F2N3O3. The zero-order valence-corrected chi connectivity index (χ0v) is 19.7. The number of nitrogens with one attached hydrogen (secondary N) is 2. The fourth-order valence-electron chi connectivity index (χ4n) is 5.36. The molecule has 1 saturated heterocycles. The molecule has 1 saturated carbocycles. The third kappa shape index (κ3) is 5.48. The van der Waals surface area contributed by atoms with Gasteiger partial charge in [0, 0.05) is 19.6 Å². The summed E-state index contributed by atoms with van der Waals surface area (Å²) in [7, 11) is 0. The number of nitrogens with zero attached hydrogens (tertiary/aromatic N) is 1. The molecule has 2 aliphatic heterocycles. The number of benzene rings is 2. The zero-order valence-electron chi connectivity index (χ0n) is 19.7. The van der Waals surface area contributed by atoms with Crippen LogP contribution in [0.5, 0.6) is 5.75 Å². The molecule has 0 radical (unpaired) electrons. The average molecular weight is 484 g/mol. The van der Waals surface area contributed by atoms with Gasteiger partial charge in [-0.25, -0.2) is 8.78 Å². The van der Waals surface area contributed by atoms with E-state index in [0.29, 0.717) is 41.6 Å². The molecule has 0 bridgehead atoms. The number of fused-ring (bicyclic) bond motifs is 1. The van der Waals surface area contributed by atoms with Gasteiger partial charge in [0.25, 0.3) is 5.91 Å². The number of alkyl halides is 2. The maximum Gasteiger partial charge on any atom is 0.262 e. The van der Waals surface area contributed by atoms with Gasteiger partial charge in [-0.3, -0.25) is 14.5 Å². The minimum Gasteiger partial charge on any atom is -0.482 e. The van der Waals surface area contributed by atoms with Crippen molar-refractivity contribution in [3.05, 3.63) is 58.7 Å². The van der Waals surface area contributed by atoms with Gasteiger partial charge in [-0.2, -0.15) is 0 Å². The lowest BCUT2D eigenvalue weighted by Gasteiger charge is -2.29. The Kier molecular flexibility index (Phi) is 6.73. The maximum atomic E-state index is 13.5. The van der Waals surface area contributed by atoms with Crippen LogP contribution < -0.4 is 15.4 Å². The van der Waals surface area contributed by atoms with E-state index in [1.54, 1.807) is 12.1 Å². The van der Waals surface area contributed by atoms with Crippen molar-refractivity contribution in [2.45, 2.75) is 52.1 Å². The van der Waals surface area contributed by atoms with Gasteiger partial charge in [0.05, 0.1) is 11.1 Å². The zero-order chi connectivity index (χ0) is 24.4. The Hall–Kier alpha value is -3.00. The summed E-state index contributed by atoms with van der Waals surface area (Å²) in [5.74, 6) is 1.12. The van der Waals surface area contributed by atoms with Crippen molar-refractivity contribution in [3.63, 3.8) is 0 Å². The van der Waals surface area contributed by atoms with E-state index in [0.717, 1.165) is 43.4 Å². The second kappa shape index (κ2) is 9.93. The highest BCUT2D eigenvalue weighted by molar-refractivity contribution is 5.95. The predicted octanol–water partition coefficient (Wildman–Crippen LogP) is 4.27. The van der Waals surface area contributed by atoms with Crippen LogP contribution >= 0.6 is 0 Å².